The number of amides is 2. The third-order valence-corrected chi connectivity index (χ3v) is 6.08. The Morgan fingerprint density at radius 2 is 1.85 bits per heavy atom. The molecule has 1 saturated heterocycles. The van der Waals surface area contributed by atoms with Crippen molar-refractivity contribution in [1.82, 2.24) is 24.4 Å². The highest BCUT2D eigenvalue weighted by Gasteiger charge is 2.37. The molecule has 0 saturated carbocycles. The number of hydrogen-bond donors (Lipinski definition) is 1. The van der Waals surface area contributed by atoms with Crippen molar-refractivity contribution in [2.45, 2.75) is 13.0 Å². The first-order valence-corrected chi connectivity index (χ1v) is 10.3. The molecule has 0 radical (unpaired) electrons. The maximum Gasteiger partial charge on any atom is 0.324 e. The summed E-state index contributed by atoms with van der Waals surface area (Å²) in [5, 5.41) is 0.571. The van der Waals surface area contributed by atoms with Crippen molar-refractivity contribution in [3.05, 3.63) is 65.9 Å². The largest absolute Gasteiger partial charge is 0.383 e. The van der Waals surface area contributed by atoms with Crippen LogP contribution in [0.4, 0.5) is 25.1 Å². The minimum atomic E-state index is -0.502. The van der Waals surface area contributed by atoms with Crippen LogP contribution < -0.4 is 10.6 Å². The molecule has 4 aromatic rings. The van der Waals surface area contributed by atoms with Crippen LogP contribution in [0.1, 0.15) is 17.4 Å². The van der Waals surface area contributed by atoms with Crippen molar-refractivity contribution in [3.8, 4) is 11.1 Å². The molecule has 0 spiro atoms. The number of rotatable bonds is 3. The van der Waals surface area contributed by atoms with E-state index in [0.29, 0.717) is 33.5 Å². The second-order valence-corrected chi connectivity index (χ2v) is 8.10. The smallest absolute Gasteiger partial charge is 0.324 e. The zero-order chi connectivity index (χ0) is 23.4. The van der Waals surface area contributed by atoms with Gasteiger partial charge >= 0.3 is 6.03 Å². The van der Waals surface area contributed by atoms with E-state index in [1.165, 1.54) is 28.3 Å². The molecule has 33 heavy (non-hydrogen) atoms. The van der Waals surface area contributed by atoms with Crippen molar-refractivity contribution in [1.29, 1.82) is 0 Å². The molecule has 1 aliphatic rings. The normalized spacial score (nSPS) is 16.3. The fourth-order valence-electron chi connectivity index (χ4n) is 4.28. The molecule has 0 bridgehead atoms. The number of urea groups is 1. The van der Waals surface area contributed by atoms with Crippen LogP contribution in [0.2, 0.25) is 0 Å². The van der Waals surface area contributed by atoms with Gasteiger partial charge in [0.2, 0.25) is 0 Å². The zero-order valence-corrected chi connectivity index (χ0v) is 18.3. The average molecular weight is 449 g/mol. The molecule has 1 aromatic carbocycles. The fraction of sp³-hybridized carbons (Fsp3) is 0.217. The number of aromatic nitrogens is 4. The molecular weight excluding hydrogens is 428 g/mol. The molecule has 10 heteroatoms. The average Bonchev–Trinajstić information content (AvgIpc) is 3.28. The lowest BCUT2D eigenvalue weighted by Gasteiger charge is -2.17. The first-order chi connectivity index (χ1) is 15.8. The molecule has 2 N–H and O–H groups in total. The number of fused-ring (bicyclic) bond motifs is 1. The van der Waals surface area contributed by atoms with Gasteiger partial charge in [-0.3, -0.25) is 9.88 Å². The highest BCUT2D eigenvalue weighted by Crippen LogP contribution is 2.37. The van der Waals surface area contributed by atoms with E-state index < -0.39 is 11.6 Å². The Morgan fingerprint density at radius 3 is 2.58 bits per heavy atom. The lowest BCUT2D eigenvalue weighted by atomic mass is 10.0. The van der Waals surface area contributed by atoms with Crippen molar-refractivity contribution >= 4 is 28.6 Å². The summed E-state index contributed by atoms with van der Waals surface area (Å²) in [6.07, 6.45) is 3.12. The number of carbonyl (C=O) groups is 1. The fourth-order valence-corrected chi connectivity index (χ4v) is 4.28. The third-order valence-electron chi connectivity index (χ3n) is 6.08. The van der Waals surface area contributed by atoms with E-state index in [1.807, 2.05) is 0 Å². The summed E-state index contributed by atoms with van der Waals surface area (Å²) in [5.74, 6) is -0.641. The molecule has 168 valence electrons. The topological polar surface area (TPSA) is 93.2 Å². The van der Waals surface area contributed by atoms with Gasteiger partial charge in [-0.25, -0.2) is 23.5 Å². The van der Waals surface area contributed by atoms with Crippen LogP contribution >= 0.6 is 0 Å². The highest BCUT2D eigenvalue weighted by atomic mass is 19.1. The Bertz CT molecular complexity index is 1420. The molecule has 5 rings (SSSR count). The summed E-state index contributed by atoms with van der Waals surface area (Å²) in [7, 11) is 3.45. The number of hydrogen-bond acceptors (Lipinski definition) is 5. The maximum absolute atomic E-state index is 15.3. The lowest BCUT2D eigenvalue weighted by Crippen LogP contribution is -2.29. The molecule has 1 fully saturated rings. The Balaban J connectivity index is 1.50. The number of halogens is 2. The van der Waals surface area contributed by atoms with Crippen LogP contribution in [0, 0.1) is 18.6 Å². The molecule has 8 nitrogen and oxygen atoms in total. The predicted octanol–water partition coefficient (Wildman–Crippen LogP) is 3.81. The molecule has 2 amide bonds. The van der Waals surface area contributed by atoms with Crippen LogP contribution in [0.3, 0.4) is 0 Å². The Morgan fingerprint density at radius 1 is 1.06 bits per heavy atom. The van der Waals surface area contributed by atoms with Gasteiger partial charge in [0.25, 0.3) is 0 Å². The number of nitrogen functional groups attached to an aromatic ring is 1. The minimum absolute atomic E-state index is 0.264. The van der Waals surface area contributed by atoms with Crippen molar-refractivity contribution in [2.75, 3.05) is 24.2 Å². The summed E-state index contributed by atoms with van der Waals surface area (Å²) in [6.45, 7) is 1.84. The van der Waals surface area contributed by atoms with Gasteiger partial charge in [0.15, 0.2) is 0 Å². The number of aryl methyl sites for hydroxylation is 2. The Labute approximate surface area is 188 Å². The van der Waals surface area contributed by atoms with Crippen molar-refractivity contribution < 1.29 is 13.6 Å². The van der Waals surface area contributed by atoms with E-state index in [-0.39, 0.29) is 30.1 Å². The van der Waals surface area contributed by atoms with Crippen LogP contribution in [0.25, 0.3) is 22.2 Å². The van der Waals surface area contributed by atoms with E-state index in [0.717, 1.165) is 0 Å². The zero-order valence-electron chi connectivity index (χ0n) is 18.3. The van der Waals surface area contributed by atoms with E-state index in [2.05, 4.69) is 15.0 Å². The standard InChI is InChI=1S/C23H21F2N7O/c1-12-16(24)6-7-18(29-12)19-10-32(23(33)31(19)3)13-4-5-14(17(25)8-13)15-9-30(2)22-20(15)21(26)27-11-28-22/h4-9,11,19H,10H2,1-3H3,(H2,26,27,28). The number of nitrogens with two attached hydrogens (primary N) is 1. The Kier molecular flexibility index (Phi) is 4.73. The van der Waals surface area contributed by atoms with Gasteiger partial charge in [0, 0.05) is 37.1 Å². The second kappa shape index (κ2) is 7.51. The predicted molar refractivity (Wildman–Crippen MR) is 120 cm³/mol. The lowest BCUT2D eigenvalue weighted by molar-refractivity contribution is 0.218. The number of likely N-dealkylation sites (N-methyl/N-ethyl adjacent to an activating group) is 1. The van der Waals surface area contributed by atoms with E-state index in [1.54, 1.807) is 50.0 Å². The quantitative estimate of drug-likeness (QED) is 0.513. The molecule has 0 aliphatic carbocycles. The maximum atomic E-state index is 15.3. The SMILES string of the molecule is Cc1nc(C2CN(c3ccc(-c4cn(C)c5ncnc(N)c45)c(F)c3)C(=O)N2C)ccc1F. The van der Waals surface area contributed by atoms with Crippen LogP contribution in [-0.2, 0) is 7.05 Å². The van der Waals surface area contributed by atoms with Crippen molar-refractivity contribution in [3.63, 3.8) is 0 Å². The van der Waals surface area contributed by atoms with E-state index in [9.17, 15) is 9.18 Å². The van der Waals surface area contributed by atoms with E-state index in [4.69, 9.17) is 5.73 Å². The Hall–Kier alpha value is -4.08. The molecule has 4 heterocycles. The van der Waals surface area contributed by atoms with Gasteiger partial charge in [0.1, 0.15) is 29.4 Å². The number of nitrogens with zero attached hydrogens (tertiary/aromatic N) is 6. The number of pyridine rings is 1. The first kappa shape index (κ1) is 20.8. The minimum Gasteiger partial charge on any atom is -0.383 e. The van der Waals surface area contributed by atoms with Gasteiger partial charge in [-0.1, -0.05) is 0 Å². The third kappa shape index (κ3) is 3.25. The van der Waals surface area contributed by atoms with Gasteiger partial charge < -0.3 is 15.2 Å². The molecule has 1 unspecified atom stereocenters. The van der Waals surface area contributed by atoms with Crippen LogP contribution in [0.15, 0.2) is 42.9 Å². The summed E-state index contributed by atoms with van der Waals surface area (Å²) in [5.41, 5.74) is 8.80. The highest BCUT2D eigenvalue weighted by molar-refractivity contribution is 6.01. The first-order valence-electron chi connectivity index (χ1n) is 10.3. The van der Waals surface area contributed by atoms with Gasteiger partial charge in [-0.2, -0.15) is 0 Å². The van der Waals surface area contributed by atoms with Gasteiger partial charge in [-0.05, 0) is 37.3 Å². The number of benzene rings is 1. The van der Waals surface area contributed by atoms with Gasteiger partial charge in [0.05, 0.1) is 29.4 Å². The number of carbonyl (C=O) groups excluding carboxylic acids is 1. The summed E-state index contributed by atoms with van der Waals surface area (Å²) in [6, 6.07) is 6.87. The summed E-state index contributed by atoms with van der Waals surface area (Å²) >= 11 is 0. The molecular formula is C23H21F2N7O. The second-order valence-electron chi connectivity index (χ2n) is 8.10. The van der Waals surface area contributed by atoms with Gasteiger partial charge in [-0.15, -0.1) is 0 Å². The van der Waals surface area contributed by atoms with Crippen LogP contribution in [0.5, 0.6) is 0 Å². The number of anilines is 2. The summed E-state index contributed by atoms with van der Waals surface area (Å²) < 4.78 is 30.7. The monoisotopic (exact) mass is 449 g/mol. The summed E-state index contributed by atoms with van der Waals surface area (Å²) in [4.78, 5) is 28.5. The molecule has 1 aliphatic heterocycles. The molecule has 1 atom stereocenters. The van der Waals surface area contributed by atoms with Crippen molar-refractivity contribution in [2.24, 2.45) is 7.05 Å². The van der Waals surface area contributed by atoms with Crippen LogP contribution in [-0.4, -0.2) is 44.0 Å². The molecule has 3 aromatic heterocycles. The van der Waals surface area contributed by atoms with E-state index >= 15 is 4.39 Å².